The van der Waals surface area contributed by atoms with E-state index in [9.17, 15) is 9.59 Å². The van der Waals surface area contributed by atoms with Gasteiger partial charge in [0.1, 0.15) is 0 Å². The fourth-order valence-corrected chi connectivity index (χ4v) is 2.84. The van der Waals surface area contributed by atoms with E-state index in [0.717, 1.165) is 0 Å². The molecule has 1 aromatic carbocycles. The Kier molecular flexibility index (Phi) is 4.11. The van der Waals surface area contributed by atoms with Gasteiger partial charge < -0.3 is 5.32 Å². The Hall–Kier alpha value is -3.62. The summed E-state index contributed by atoms with van der Waals surface area (Å²) in [7, 11) is 0. The lowest BCUT2D eigenvalue weighted by Gasteiger charge is -2.10. The van der Waals surface area contributed by atoms with Crippen molar-refractivity contribution < 1.29 is 4.79 Å². The van der Waals surface area contributed by atoms with Crippen LogP contribution >= 0.6 is 0 Å². The summed E-state index contributed by atoms with van der Waals surface area (Å²) in [5.41, 5.74) is 1.88. The van der Waals surface area contributed by atoms with E-state index in [4.69, 9.17) is 0 Å². The van der Waals surface area contributed by atoms with E-state index in [0.29, 0.717) is 40.3 Å². The minimum atomic E-state index is -0.314. The Morgan fingerprint density at radius 1 is 1.22 bits per heavy atom. The number of rotatable bonds is 4. The van der Waals surface area contributed by atoms with Gasteiger partial charge >= 0.3 is 0 Å². The second kappa shape index (κ2) is 6.60. The number of pyridine rings is 1. The van der Waals surface area contributed by atoms with Crippen LogP contribution in [0.1, 0.15) is 24.2 Å². The molecule has 0 saturated heterocycles. The minimum Gasteiger partial charge on any atom is -0.322 e. The lowest BCUT2D eigenvalue weighted by atomic mass is 10.2. The van der Waals surface area contributed by atoms with Gasteiger partial charge in [-0.05, 0) is 46.7 Å². The zero-order chi connectivity index (χ0) is 19.0. The van der Waals surface area contributed by atoms with Crippen LogP contribution < -0.4 is 10.9 Å². The maximum atomic E-state index is 12.7. The summed E-state index contributed by atoms with van der Waals surface area (Å²) in [6.45, 7) is 4.66. The van der Waals surface area contributed by atoms with Crippen molar-refractivity contribution >= 4 is 28.1 Å². The number of nitrogens with one attached hydrogen (secondary N) is 1. The highest BCUT2D eigenvalue weighted by Gasteiger charge is 2.11. The molecule has 0 aliphatic rings. The van der Waals surface area contributed by atoms with Crippen molar-refractivity contribution in [3.8, 4) is 0 Å². The van der Waals surface area contributed by atoms with Crippen LogP contribution in [0.4, 0.5) is 5.69 Å². The van der Waals surface area contributed by atoms with E-state index in [1.807, 2.05) is 13.8 Å². The zero-order valence-electron chi connectivity index (χ0n) is 14.8. The molecule has 4 aromatic rings. The van der Waals surface area contributed by atoms with Crippen LogP contribution in [0, 0.1) is 5.92 Å². The van der Waals surface area contributed by atoms with Crippen LogP contribution in [0.25, 0.3) is 16.6 Å². The number of hydrogen-bond donors (Lipinski definition) is 1. The van der Waals surface area contributed by atoms with Crippen molar-refractivity contribution in [2.45, 2.75) is 20.4 Å². The van der Waals surface area contributed by atoms with Crippen LogP contribution in [0.3, 0.4) is 0 Å². The van der Waals surface area contributed by atoms with Gasteiger partial charge in [-0.1, -0.05) is 13.8 Å². The Morgan fingerprint density at radius 2 is 2.07 bits per heavy atom. The number of aromatic nitrogens is 6. The van der Waals surface area contributed by atoms with Gasteiger partial charge in [0.2, 0.25) is 0 Å². The van der Waals surface area contributed by atoms with Crippen molar-refractivity contribution in [2.75, 3.05) is 5.32 Å². The molecule has 0 fully saturated rings. The van der Waals surface area contributed by atoms with Crippen molar-refractivity contribution in [2.24, 2.45) is 5.92 Å². The van der Waals surface area contributed by atoms with Crippen LogP contribution in [0.2, 0.25) is 0 Å². The van der Waals surface area contributed by atoms with Crippen molar-refractivity contribution in [3.63, 3.8) is 0 Å². The molecule has 3 aromatic heterocycles. The zero-order valence-corrected chi connectivity index (χ0v) is 14.8. The molecule has 3 heterocycles. The van der Waals surface area contributed by atoms with Crippen LogP contribution in [0.15, 0.2) is 47.7 Å². The molecule has 9 nitrogen and oxygen atoms in total. The Morgan fingerprint density at radius 3 is 2.89 bits per heavy atom. The maximum Gasteiger partial charge on any atom is 0.261 e. The van der Waals surface area contributed by atoms with E-state index in [-0.39, 0.29) is 11.5 Å². The Bertz CT molecular complexity index is 1210. The molecule has 9 heteroatoms. The number of carbonyl (C=O) groups is 1. The van der Waals surface area contributed by atoms with E-state index in [2.05, 4.69) is 25.8 Å². The SMILES string of the molecule is CC(C)Cn1cnc2ccc(NC(=O)c3ccn4nnnc4c3)cc2c1=O. The van der Waals surface area contributed by atoms with Crippen molar-refractivity contribution in [3.05, 3.63) is 58.8 Å². The minimum absolute atomic E-state index is 0.124. The highest BCUT2D eigenvalue weighted by Crippen LogP contribution is 2.16. The van der Waals surface area contributed by atoms with Gasteiger partial charge in [-0.2, -0.15) is 0 Å². The normalized spacial score (nSPS) is 11.4. The van der Waals surface area contributed by atoms with Crippen LogP contribution in [-0.4, -0.2) is 35.5 Å². The molecule has 1 amide bonds. The summed E-state index contributed by atoms with van der Waals surface area (Å²) >= 11 is 0. The smallest absolute Gasteiger partial charge is 0.261 e. The number of benzene rings is 1. The quantitative estimate of drug-likeness (QED) is 0.592. The van der Waals surface area contributed by atoms with Gasteiger partial charge in [0.05, 0.1) is 17.2 Å². The van der Waals surface area contributed by atoms with E-state index < -0.39 is 0 Å². The number of amides is 1. The third-order valence-electron chi connectivity index (χ3n) is 4.10. The first-order chi connectivity index (χ1) is 13.0. The summed E-state index contributed by atoms with van der Waals surface area (Å²) < 4.78 is 3.06. The van der Waals surface area contributed by atoms with Gasteiger partial charge in [-0.15, -0.1) is 5.10 Å². The molecule has 136 valence electrons. The molecule has 0 aliphatic heterocycles. The number of nitrogens with zero attached hydrogens (tertiary/aromatic N) is 6. The first-order valence-corrected chi connectivity index (χ1v) is 8.49. The van der Waals surface area contributed by atoms with E-state index in [1.54, 1.807) is 47.4 Å². The predicted molar refractivity (Wildman–Crippen MR) is 99.6 cm³/mol. The molecule has 27 heavy (non-hydrogen) atoms. The highest BCUT2D eigenvalue weighted by molar-refractivity contribution is 6.05. The third-order valence-corrected chi connectivity index (χ3v) is 4.10. The average Bonchev–Trinajstić information content (AvgIpc) is 3.12. The summed E-state index contributed by atoms with van der Waals surface area (Å²) in [6.07, 6.45) is 3.17. The fourth-order valence-electron chi connectivity index (χ4n) is 2.84. The number of fused-ring (bicyclic) bond motifs is 2. The first-order valence-electron chi connectivity index (χ1n) is 8.49. The summed E-state index contributed by atoms with van der Waals surface area (Å²) in [6, 6.07) is 8.30. The van der Waals surface area contributed by atoms with Gasteiger partial charge in [-0.25, -0.2) is 9.50 Å². The molecule has 0 atom stereocenters. The maximum absolute atomic E-state index is 12.7. The lowest BCUT2D eigenvalue weighted by molar-refractivity contribution is 0.102. The summed E-state index contributed by atoms with van der Waals surface area (Å²) in [5, 5.41) is 14.4. The Labute approximate surface area is 153 Å². The highest BCUT2D eigenvalue weighted by atomic mass is 16.1. The van der Waals surface area contributed by atoms with Gasteiger partial charge in [0.25, 0.3) is 11.5 Å². The summed E-state index contributed by atoms with van der Waals surface area (Å²) in [5.74, 6) is 0.0117. The second-order valence-electron chi connectivity index (χ2n) is 6.68. The molecule has 0 aliphatic carbocycles. The largest absolute Gasteiger partial charge is 0.322 e. The molecule has 0 unspecified atom stereocenters. The van der Waals surface area contributed by atoms with E-state index in [1.165, 1.54) is 4.52 Å². The van der Waals surface area contributed by atoms with Gasteiger partial charge in [0.15, 0.2) is 5.65 Å². The fraction of sp³-hybridized carbons (Fsp3) is 0.222. The molecular weight excluding hydrogens is 346 g/mol. The number of tetrazole rings is 1. The monoisotopic (exact) mass is 363 g/mol. The molecule has 0 saturated carbocycles. The van der Waals surface area contributed by atoms with Gasteiger partial charge in [-0.3, -0.25) is 14.2 Å². The molecule has 4 rings (SSSR count). The predicted octanol–water partition coefficient (Wildman–Crippen LogP) is 1.74. The number of anilines is 1. The Balaban J connectivity index is 1.65. The molecule has 0 radical (unpaired) electrons. The lowest BCUT2D eigenvalue weighted by Crippen LogP contribution is -2.23. The molecule has 1 N–H and O–H groups in total. The first kappa shape index (κ1) is 16.8. The molecule has 0 spiro atoms. The van der Waals surface area contributed by atoms with Crippen molar-refractivity contribution in [1.29, 1.82) is 0 Å². The number of carbonyl (C=O) groups excluding carboxylic acids is 1. The van der Waals surface area contributed by atoms with Crippen LogP contribution in [0.5, 0.6) is 0 Å². The van der Waals surface area contributed by atoms with Crippen LogP contribution in [-0.2, 0) is 6.54 Å². The standard InChI is InChI=1S/C18H17N7O2/c1-11(2)9-24-10-19-15-4-3-13(8-14(15)18(24)27)20-17(26)12-5-6-25-16(7-12)21-22-23-25/h3-8,10-11H,9H2,1-2H3,(H,20,26). The molecular formula is C18H17N7O2. The van der Waals surface area contributed by atoms with Crippen molar-refractivity contribution in [1.82, 2.24) is 29.6 Å². The molecule has 0 bridgehead atoms. The second-order valence-corrected chi connectivity index (χ2v) is 6.68. The summed E-state index contributed by atoms with van der Waals surface area (Å²) in [4.78, 5) is 29.5. The number of hydrogen-bond acceptors (Lipinski definition) is 6. The average molecular weight is 363 g/mol. The topological polar surface area (TPSA) is 107 Å². The van der Waals surface area contributed by atoms with Gasteiger partial charge in [0, 0.05) is 24.0 Å². The third kappa shape index (κ3) is 3.26. The van der Waals surface area contributed by atoms with E-state index >= 15 is 0 Å².